The molecule has 0 saturated carbocycles. The number of fused-ring (bicyclic) bond motifs is 1. The first kappa shape index (κ1) is 20.5. The van der Waals surface area contributed by atoms with Crippen LogP contribution in [-0.4, -0.2) is 59.7 Å². The van der Waals surface area contributed by atoms with Crippen LogP contribution in [0.3, 0.4) is 0 Å². The Morgan fingerprint density at radius 3 is 2.76 bits per heavy atom. The molecule has 6 heteroatoms. The molecule has 0 aromatic heterocycles. The van der Waals surface area contributed by atoms with E-state index in [0.717, 1.165) is 54.4 Å². The Morgan fingerprint density at radius 1 is 1.17 bits per heavy atom. The van der Waals surface area contributed by atoms with Crippen molar-refractivity contribution in [2.45, 2.75) is 37.4 Å². The number of piperidine rings is 1. The van der Waals surface area contributed by atoms with Gasteiger partial charge in [0.05, 0.1) is 0 Å². The molecule has 1 fully saturated rings. The van der Waals surface area contributed by atoms with Gasteiger partial charge in [0.2, 0.25) is 0 Å². The Balaban J connectivity index is 1.25. The van der Waals surface area contributed by atoms with E-state index in [2.05, 4.69) is 4.90 Å². The number of rotatable bonds is 7. The molecule has 0 unspecified atom stereocenters. The number of likely N-dealkylation sites (tertiary alicyclic amines) is 1. The van der Waals surface area contributed by atoms with E-state index in [-0.39, 0.29) is 18.8 Å². The van der Waals surface area contributed by atoms with Crippen LogP contribution in [0.2, 0.25) is 5.02 Å². The molecule has 2 aliphatic heterocycles. The SMILES string of the molecule is OCCc1ccccc1OC[C@H](O)CN1CCC2(CC1)Cc1cc(Cl)ccc1O2. The maximum Gasteiger partial charge on any atom is 0.123 e. The van der Waals surface area contributed by atoms with Crippen molar-refractivity contribution in [1.82, 2.24) is 4.90 Å². The third-order valence-corrected chi connectivity index (χ3v) is 6.12. The zero-order valence-electron chi connectivity index (χ0n) is 16.5. The molecule has 1 spiro atoms. The topological polar surface area (TPSA) is 62.2 Å². The Labute approximate surface area is 176 Å². The maximum absolute atomic E-state index is 10.5. The van der Waals surface area contributed by atoms with Gasteiger partial charge in [-0.15, -0.1) is 0 Å². The van der Waals surface area contributed by atoms with E-state index in [1.54, 1.807) is 0 Å². The Bertz CT molecular complexity index is 835. The van der Waals surface area contributed by atoms with Gasteiger partial charge in [-0.2, -0.15) is 0 Å². The Hall–Kier alpha value is -1.79. The summed E-state index contributed by atoms with van der Waals surface area (Å²) in [6, 6.07) is 13.5. The van der Waals surface area contributed by atoms with Gasteiger partial charge in [0.25, 0.3) is 0 Å². The highest BCUT2D eigenvalue weighted by Crippen LogP contribution is 2.41. The van der Waals surface area contributed by atoms with Crippen molar-refractivity contribution in [3.05, 3.63) is 58.6 Å². The number of para-hydroxylation sites is 1. The van der Waals surface area contributed by atoms with Gasteiger partial charge in [-0.3, -0.25) is 0 Å². The van der Waals surface area contributed by atoms with Crippen LogP contribution in [0.15, 0.2) is 42.5 Å². The number of hydrogen-bond donors (Lipinski definition) is 2. The van der Waals surface area contributed by atoms with Gasteiger partial charge < -0.3 is 24.6 Å². The van der Waals surface area contributed by atoms with Gasteiger partial charge in [0.1, 0.15) is 29.8 Å². The minimum absolute atomic E-state index is 0.0800. The molecule has 0 bridgehead atoms. The first-order valence-corrected chi connectivity index (χ1v) is 10.6. The molecule has 2 N–H and O–H groups in total. The lowest BCUT2D eigenvalue weighted by Gasteiger charge is -2.39. The average Bonchev–Trinajstić information content (AvgIpc) is 3.06. The lowest BCUT2D eigenvalue weighted by atomic mass is 9.87. The first-order valence-electron chi connectivity index (χ1n) is 10.3. The second-order valence-corrected chi connectivity index (χ2v) is 8.50. The number of aliphatic hydroxyl groups excluding tert-OH is 2. The number of ether oxygens (including phenoxy) is 2. The lowest BCUT2D eigenvalue weighted by molar-refractivity contribution is -0.00202. The molecule has 2 aliphatic rings. The van der Waals surface area contributed by atoms with E-state index in [0.29, 0.717) is 13.0 Å². The molecule has 29 heavy (non-hydrogen) atoms. The highest BCUT2D eigenvalue weighted by Gasteiger charge is 2.42. The van der Waals surface area contributed by atoms with Crippen molar-refractivity contribution in [2.24, 2.45) is 0 Å². The molecule has 156 valence electrons. The molecule has 0 amide bonds. The van der Waals surface area contributed by atoms with E-state index in [1.165, 1.54) is 5.56 Å². The van der Waals surface area contributed by atoms with Crippen molar-refractivity contribution in [3.63, 3.8) is 0 Å². The van der Waals surface area contributed by atoms with Crippen molar-refractivity contribution in [2.75, 3.05) is 32.8 Å². The van der Waals surface area contributed by atoms with Crippen molar-refractivity contribution in [1.29, 1.82) is 0 Å². The normalized spacial score (nSPS) is 19.0. The second-order valence-electron chi connectivity index (χ2n) is 8.06. The molecule has 0 aliphatic carbocycles. The van der Waals surface area contributed by atoms with Crippen LogP contribution in [0.5, 0.6) is 11.5 Å². The van der Waals surface area contributed by atoms with E-state index >= 15 is 0 Å². The van der Waals surface area contributed by atoms with E-state index < -0.39 is 6.10 Å². The average molecular weight is 418 g/mol. The van der Waals surface area contributed by atoms with Gasteiger partial charge in [0, 0.05) is 50.5 Å². The highest BCUT2D eigenvalue weighted by atomic mass is 35.5. The molecule has 2 aromatic rings. The van der Waals surface area contributed by atoms with Crippen LogP contribution in [0, 0.1) is 0 Å². The third-order valence-electron chi connectivity index (χ3n) is 5.88. The summed E-state index contributed by atoms with van der Waals surface area (Å²) in [5, 5.41) is 20.4. The summed E-state index contributed by atoms with van der Waals surface area (Å²) < 4.78 is 12.1. The minimum Gasteiger partial charge on any atom is -0.491 e. The Morgan fingerprint density at radius 2 is 1.97 bits per heavy atom. The summed E-state index contributed by atoms with van der Waals surface area (Å²) in [6.07, 6.45) is 2.77. The van der Waals surface area contributed by atoms with Crippen LogP contribution in [0.4, 0.5) is 0 Å². The van der Waals surface area contributed by atoms with Gasteiger partial charge in [-0.1, -0.05) is 29.8 Å². The second kappa shape index (κ2) is 8.92. The summed E-state index contributed by atoms with van der Waals surface area (Å²) in [4.78, 5) is 2.28. The fourth-order valence-electron chi connectivity index (χ4n) is 4.33. The number of halogens is 1. The summed E-state index contributed by atoms with van der Waals surface area (Å²) in [5.74, 6) is 1.69. The molecule has 5 nitrogen and oxygen atoms in total. The highest BCUT2D eigenvalue weighted by molar-refractivity contribution is 6.30. The number of nitrogens with zero attached hydrogens (tertiary/aromatic N) is 1. The predicted octanol–water partition coefficient (Wildman–Crippen LogP) is 3.08. The van der Waals surface area contributed by atoms with Gasteiger partial charge in [-0.05, 0) is 41.8 Å². The van der Waals surface area contributed by atoms with Gasteiger partial charge in [-0.25, -0.2) is 0 Å². The smallest absolute Gasteiger partial charge is 0.123 e. The van der Waals surface area contributed by atoms with Crippen molar-refractivity contribution in [3.8, 4) is 11.5 Å². The maximum atomic E-state index is 10.5. The molecule has 2 aromatic carbocycles. The number of hydrogen-bond acceptors (Lipinski definition) is 5. The van der Waals surface area contributed by atoms with Crippen LogP contribution in [-0.2, 0) is 12.8 Å². The summed E-state index contributed by atoms with van der Waals surface area (Å²) in [7, 11) is 0. The lowest BCUT2D eigenvalue weighted by Crippen LogP contribution is -2.49. The molecule has 1 atom stereocenters. The number of β-amino-alcohol motifs (C(OH)–C–C–N with tert-alkyl or cyclic N) is 1. The van der Waals surface area contributed by atoms with Crippen LogP contribution in [0.1, 0.15) is 24.0 Å². The van der Waals surface area contributed by atoms with Crippen LogP contribution < -0.4 is 9.47 Å². The van der Waals surface area contributed by atoms with Crippen molar-refractivity contribution >= 4 is 11.6 Å². The zero-order chi connectivity index (χ0) is 20.3. The molecule has 1 saturated heterocycles. The molecular formula is C23H28ClNO4. The molecule has 0 radical (unpaired) electrons. The largest absolute Gasteiger partial charge is 0.491 e. The minimum atomic E-state index is -0.563. The summed E-state index contributed by atoms with van der Waals surface area (Å²) >= 11 is 6.12. The van der Waals surface area contributed by atoms with Gasteiger partial charge >= 0.3 is 0 Å². The summed E-state index contributed by atoms with van der Waals surface area (Å²) in [6.45, 7) is 2.68. The molecular weight excluding hydrogens is 390 g/mol. The zero-order valence-corrected chi connectivity index (χ0v) is 17.3. The predicted molar refractivity (Wildman–Crippen MR) is 113 cm³/mol. The number of benzene rings is 2. The van der Waals surface area contributed by atoms with E-state index in [9.17, 15) is 5.11 Å². The standard InChI is InChI=1S/C23H28ClNO4/c24-19-5-6-22-18(13-19)14-23(29-22)8-10-25(11-9-23)15-20(27)16-28-21-4-2-1-3-17(21)7-12-26/h1-6,13,20,26-27H,7-12,14-16H2/t20-/m1/s1. The van der Waals surface area contributed by atoms with Crippen molar-refractivity contribution < 1.29 is 19.7 Å². The van der Waals surface area contributed by atoms with E-state index in [1.807, 2.05) is 42.5 Å². The molecule has 4 rings (SSSR count). The number of aliphatic hydroxyl groups is 2. The first-order chi connectivity index (χ1) is 14.1. The third kappa shape index (κ3) is 4.86. The quantitative estimate of drug-likeness (QED) is 0.724. The fourth-order valence-corrected chi connectivity index (χ4v) is 4.53. The van der Waals surface area contributed by atoms with Gasteiger partial charge in [0.15, 0.2) is 0 Å². The fraction of sp³-hybridized carbons (Fsp3) is 0.478. The van der Waals surface area contributed by atoms with E-state index in [4.69, 9.17) is 26.2 Å². The Kier molecular flexibility index (Phi) is 6.30. The monoisotopic (exact) mass is 417 g/mol. The summed E-state index contributed by atoms with van der Waals surface area (Å²) in [5.41, 5.74) is 2.02. The molecule has 2 heterocycles. The van der Waals surface area contributed by atoms with Crippen LogP contribution in [0.25, 0.3) is 0 Å². The van der Waals surface area contributed by atoms with Crippen LogP contribution >= 0.6 is 11.6 Å².